The molecule has 0 radical (unpaired) electrons. The molecule has 0 saturated heterocycles. The smallest absolute Gasteiger partial charge is 0.286 e. The van der Waals surface area contributed by atoms with E-state index in [0.717, 1.165) is 44.1 Å². The summed E-state index contributed by atoms with van der Waals surface area (Å²) < 4.78 is 32.9. The van der Waals surface area contributed by atoms with E-state index < -0.39 is 5.97 Å². The highest BCUT2D eigenvalue weighted by atomic mass is 19.1. The Morgan fingerprint density at radius 3 is 1.71 bits per heavy atom. The second-order valence-corrected chi connectivity index (χ2v) is 10.6. The van der Waals surface area contributed by atoms with Gasteiger partial charge in [-0.1, -0.05) is 70.4 Å². The summed E-state index contributed by atoms with van der Waals surface area (Å²) in [6.07, 6.45) is 13.9. The number of ether oxygens (including phenoxy) is 3. The highest BCUT2D eigenvalue weighted by Gasteiger charge is 2.44. The van der Waals surface area contributed by atoms with E-state index >= 15 is 0 Å². The van der Waals surface area contributed by atoms with Gasteiger partial charge in [0.25, 0.3) is 5.97 Å². The van der Waals surface area contributed by atoms with Gasteiger partial charge in [0, 0.05) is 5.92 Å². The fourth-order valence-electron chi connectivity index (χ4n) is 4.62. The average Bonchev–Trinajstić information content (AvgIpc) is 2.72. The van der Waals surface area contributed by atoms with Crippen LogP contribution in [0.3, 0.4) is 0 Å². The molecule has 198 valence electrons. The number of hydrogen-bond acceptors (Lipinski definition) is 3. The van der Waals surface area contributed by atoms with Gasteiger partial charge < -0.3 is 14.2 Å². The summed E-state index contributed by atoms with van der Waals surface area (Å²) in [7, 11) is 0. The van der Waals surface area contributed by atoms with E-state index in [-0.39, 0.29) is 30.0 Å². The summed E-state index contributed by atoms with van der Waals surface area (Å²) in [6.45, 7) is 14.6. The predicted molar refractivity (Wildman–Crippen MR) is 141 cm³/mol. The van der Waals surface area contributed by atoms with Crippen LogP contribution in [0.15, 0.2) is 24.3 Å². The molecule has 1 rings (SSSR count). The van der Waals surface area contributed by atoms with Gasteiger partial charge in [-0.15, -0.1) is 0 Å². The highest BCUT2D eigenvalue weighted by Crippen LogP contribution is 2.37. The Morgan fingerprint density at radius 2 is 1.21 bits per heavy atom. The maximum absolute atomic E-state index is 13.5. The molecule has 0 aliphatic heterocycles. The Hall–Kier alpha value is -0.970. The van der Waals surface area contributed by atoms with Crippen LogP contribution in [0.4, 0.5) is 4.39 Å². The molecule has 0 spiro atoms. The Labute approximate surface area is 210 Å². The van der Waals surface area contributed by atoms with Gasteiger partial charge in [-0.2, -0.15) is 0 Å². The average molecular weight is 481 g/mol. The normalized spacial score (nSPS) is 13.4. The number of unbranched alkanes of at least 4 members (excludes halogenated alkanes) is 7. The Bertz CT molecular complexity index is 603. The van der Waals surface area contributed by atoms with E-state index in [4.69, 9.17) is 14.2 Å². The van der Waals surface area contributed by atoms with Crippen LogP contribution in [0, 0.1) is 11.7 Å². The second-order valence-electron chi connectivity index (χ2n) is 10.6. The largest absolute Gasteiger partial charge is 0.324 e. The van der Waals surface area contributed by atoms with Crippen LogP contribution < -0.4 is 0 Å². The SMILES string of the molecule is CCCCCCCCC(CCCCCc1cccc(F)c1)C(OC(C)C)(OC(C)C)OC(C)C. The maximum atomic E-state index is 13.5. The Kier molecular flexibility index (Phi) is 15.9. The van der Waals surface area contributed by atoms with Crippen LogP contribution in [0.25, 0.3) is 0 Å². The molecule has 0 N–H and O–H groups in total. The van der Waals surface area contributed by atoms with Crippen molar-refractivity contribution in [1.82, 2.24) is 0 Å². The summed E-state index contributed by atoms with van der Waals surface area (Å²) in [5, 5.41) is 0. The van der Waals surface area contributed by atoms with Crippen LogP contribution >= 0.6 is 0 Å². The van der Waals surface area contributed by atoms with Crippen molar-refractivity contribution in [2.45, 2.75) is 150 Å². The van der Waals surface area contributed by atoms with Gasteiger partial charge in [0.2, 0.25) is 0 Å². The maximum Gasteiger partial charge on any atom is 0.286 e. The summed E-state index contributed by atoms with van der Waals surface area (Å²) >= 11 is 0. The number of hydrogen-bond donors (Lipinski definition) is 0. The molecule has 0 heterocycles. The van der Waals surface area contributed by atoms with Gasteiger partial charge in [-0.25, -0.2) is 4.39 Å². The number of aryl methyl sites for hydroxylation is 1. The summed E-state index contributed by atoms with van der Waals surface area (Å²) in [5.41, 5.74) is 1.08. The van der Waals surface area contributed by atoms with Crippen molar-refractivity contribution < 1.29 is 18.6 Å². The summed E-state index contributed by atoms with van der Waals surface area (Å²) in [4.78, 5) is 0. The van der Waals surface area contributed by atoms with E-state index in [1.165, 1.54) is 44.6 Å². The van der Waals surface area contributed by atoms with E-state index in [9.17, 15) is 4.39 Å². The zero-order chi connectivity index (χ0) is 25.4. The third kappa shape index (κ3) is 13.2. The molecule has 0 fully saturated rings. The molecular formula is C30H53FO3. The van der Waals surface area contributed by atoms with Crippen molar-refractivity contribution in [2.75, 3.05) is 0 Å². The summed E-state index contributed by atoms with van der Waals surface area (Å²) in [6, 6.07) is 6.97. The first kappa shape index (κ1) is 31.1. The van der Waals surface area contributed by atoms with E-state index in [1.807, 2.05) is 6.07 Å². The molecule has 1 unspecified atom stereocenters. The van der Waals surface area contributed by atoms with Crippen molar-refractivity contribution in [2.24, 2.45) is 5.92 Å². The molecule has 1 atom stereocenters. The monoisotopic (exact) mass is 480 g/mol. The lowest BCUT2D eigenvalue weighted by molar-refractivity contribution is -0.433. The van der Waals surface area contributed by atoms with Crippen molar-refractivity contribution in [3.8, 4) is 0 Å². The minimum Gasteiger partial charge on any atom is -0.324 e. The van der Waals surface area contributed by atoms with Crippen LogP contribution in [0.2, 0.25) is 0 Å². The predicted octanol–water partition coefficient (Wildman–Crippen LogP) is 9.22. The molecule has 0 aliphatic carbocycles. The van der Waals surface area contributed by atoms with Crippen LogP contribution in [-0.2, 0) is 20.6 Å². The fraction of sp³-hybridized carbons (Fsp3) is 0.800. The molecule has 0 saturated carbocycles. The first-order valence-electron chi connectivity index (χ1n) is 14.0. The van der Waals surface area contributed by atoms with E-state index in [0.29, 0.717) is 0 Å². The first-order valence-corrected chi connectivity index (χ1v) is 14.0. The van der Waals surface area contributed by atoms with Gasteiger partial charge >= 0.3 is 0 Å². The zero-order valence-corrected chi connectivity index (χ0v) is 23.2. The van der Waals surface area contributed by atoms with Gasteiger partial charge in [0.15, 0.2) is 0 Å². The number of benzene rings is 1. The lowest BCUT2D eigenvalue weighted by Gasteiger charge is -2.43. The molecular weight excluding hydrogens is 427 g/mol. The van der Waals surface area contributed by atoms with Gasteiger partial charge in [0.1, 0.15) is 5.82 Å². The number of halogens is 1. The van der Waals surface area contributed by atoms with Crippen LogP contribution in [-0.4, -0.2) is 24.3 Å². The van der Waals surface area contributed by atoms with E-state index in [2.05, 4.69) is 48.5 Å². The quantitative estimate of drug-likeness (QED) is 0.137. The molecule has 4 heteroatoms. The fourth-order valence-corrected chi connectivity index (χ4v) is 4.62. The molecule has 1 aromatic rings. The lowest BCUT2D eigenvalue weighted by Crippen LogP contribution is -2.50. The lowest BCUT2D eigenvalue weighted by atomic mass is 9.91. The molecule has 0 aliphatic rings. The molecule has 0 amide bonds. The van der Waals surface area contributed by atoms with Crippen LogP contribution in [0.1, 0.15) is 125 Å². The van der Waals surface area contributed by atoms with Crippen molar-refractivity contribution in [3.05, 3.63) is 35.6 Å². The minimum absolute atomic E-state index is 0.0116. The first-order chi connectivity index (χ1) is 16.2. The molecule has 34 heavy (non-hydrogen) atoms. The topological polar surface area (TPSA) is 27.7 Å². The Morgan fingerprint density at radius 1 is 0.706 bits per heavy atom. The molecule has 1 aromatic carbocycles. The minimum atomic E-state index is -1.01. The standard InChI is InChI=1S/C30H53FO3/c1-8-9-10-11-12-15-20-28(21-16-13-14-18-27-19-17-22-29(31)23-27)30(32-24(2)3,33-25(4)5)34-26(6)7/h17,19,22-26,28H,8-16,18,20-21H2,1-7H3. The van der Waals surface area contributed by atoms with Crippen molar-refractivity contribution >= 4 is 0 Å². The molecule has 0 bridgehead atoms. The highest BCUT2D eigenvalue weighted by molar-refractivity contribution is 5.16. The second kappa shape index (κ2) is 17.5. The molecule has 0 aromatic heterocycles. The Balaban J connectivity index is 2.83. The van der Waals surface area contributed by atoms with Crippen LogP contribution in [0.5, 0.6) is 0 Å². The van der Waals surface area contributed by atoms with Gasteiger partial charge in [0.05, 0.1) is 18.3 Å². The number of rotatable bonds is 20. The third-order valence-corrected chi connectivity index (χ3v) is 6.01. The zero-order valence-electron chi connectivity index (χ0n) is 23.2. The van der Waals surface area contributed by atoms with Gasteiger partial charge in [-0.3, -0.25) is 0 Å². The van der Waals surface area contributed by atoms with E-state index in [1.54, 1.807) is 12.1 Å². The van der Waals surface area contributed by atoms with Crippen molar-refractivity contribution in [1.29, 1.82) is 0 Å². The van der Waals surface area contributed by atoms with Gasteiger partial charge in [-0.05, 0) is 84.9 Å². The molecule has 3 nitrogen and oxygen atoms in total. The summed E-state index contributed by atoms with van der Waals surface area (Å²) in [5.74, 6) is -0.980. The third-order valence-electron chi connectivity index (χ3n) is 6.01. The van der Waals surface area contributed by atoms with Crippen molar-refractivity contribution in [3.63, 3.8) is 0 Å².